The summed E-state index contributed by atoms with van der Waals surface area (Å²) in [5, 5.41) is 15.8. The van der Waals surface area contributed by atoms with Crippen molar-refractivity contribution in [2.45, 2.75) is 62.0 Å². The van der Waals surface area contributed by atoms with Crippen LogP contribution in [0.25, 0.3) is 0 Å². The Balaban J connectivity index is 1.52. The highest BCUT2D eigenvalue weighted by molar-refractivity contribution is 6.30. The molecule has 4 aliphatic carbocycles. The van der Waals surface area contributed by atoms with Gasteiger partial charge in [-0.2, -0.15) is 0 Å². The summed E-state index contributed by atoms with van der Waals surface area (Å²) in [6.07, 6.45) is 8.13. The van der Waals surface area contributed by atoms with Crippen molar-refractivity contribution in [1.29, 1.82) is 0 Å². The van der Waals surface area contributed by atoms with Gasteiger partial charge in [0, 0.05) is 11.1 Å². The van der Waals surface area contributed by atoms with Crippen LogP contribution in [-0.4, -0.2) is 23.3 Å². The Morgan fingerprint density at radius 2 is 1.91 bits per heavy atom. The standard InChI is InChI=1S/C20H26ClNO/c21-16-4-1-3-15(7-16)19-8-13-10-20(23,12-19)11-14(9-19)18(13)17-5-2-6-22-17/h1,3-4,7,13-14,17-18,22-23H,2,5-6,8-12H2. The molecule has 0 spiro atoms. The van der Waals surface area contributed by atoms with Gasteiger partial charge in [0.05, 0.1) is 5.60 Å². The zero-order valence-electron chi connectivity index (χ0n) is 13.6. The topological polar surface area (TPSA) is 32.3 Å². The summed E-state index contributed by atoms with van der Waals surface area (Å²) in [6.45, 7) is 1.18. The third-order valence-electron chi connectivity index (χ3n) is 7.35. The Morgan fingerprint density at radius 3 is 2.57 bits per heavy atom. The predicted molar refractivity (Wildman–Crippen MR) is 92.7 cm³/mol. The van der Waals surface area contributed by atoms with Gasteiger partial charge in [0.1, 0.15) is 0 Å². The zero-order valence-corrected chi connectivity index (χ0v) is 14.4. The normalized spacial score (nSPS) is 48.1. The van der Waals surface area contributed by atoms with Crippen molar-refractivity contribution in [3.63, 3.8) is 0 Å². The molecule has 2 N–H and O–H groups in total. The summed E-state index contributed by atoms with van der Waals surface area (Å²) in [4.78, 5) is 0. The average Bonchev–Trinajstić information content (AvgIpc) is 2.99. The van der Waals surface area contributed by atoms with Gasteiger partial charge in [0.2, 0.25) is 0 Å². The Bertz CT molecular complexity index is 608. The van der Waals surface area contributed by atoms with Crippen molar-refractivity contribution in [3.05, 3.63) is 34.9 Å². The molecule has 3 atom stereocenters. The van der Waals surface area contributed by atoms with Crippen molar-refractivity contribution in [2.24, 2.45) is 17.8 Å². The fraction of sp³-hybridized carbons (Fsp3) is 0.700. The molecule has 0 radical (unpaired) electrons. The molecule has 0 amide bonds. The van der Waals surface area contributed by atoms with E-state index >= 15 is 0 Å². The molecule has 1 saturated heterocycles. The summed E-state index contributed by atoms with van der Waals surface area (Å²) < 4.78 is 0. The molecule has 4 bridgehead atoms. The molecule has 1 aromatic rings. The Morgan fingerprint density at radius 1 is 1.13 bits per heavy atom. The van der Waals surface area contributed by atoms with Crippen LogP contribution in [-0.2, 0) is 5.41 Å². The fourth-order valence-electron chi connectivity index (χ4n) is 6.99. The molecule has 1 aliphatic heterocycles. The van der Waals surface area contributed by atoms with E-state index in [9.17, 15) is 5.11 Å². The Kier molecular flexibility index (Phi) is 3.19. The minimum atomic E-state index is -0.427. The third-order valence-corrected chi connectivity index (χ3v) is 7.58. The molecule has 3 unspecified atom stereocenters. The van der Waals surface area contributed by atoms with Crippen molar-refractivity contribution >= 4 is 11.6 Å². The molecule has 124 valence electrons. The van der Waals surface area contributed by atoms with E-state index in [1.165, 1.54) is 37.8 Å². The molecular formula is C20H26ClNO. The highest BCUT2D eigenvalue weighted by Gasteiger charge is 2.62. The summed E-state index contributed by atoms with van der Waals surface area (Å²) in [6, 6.07) is 9.14. The maximum absolute atomic E-state index is 11.2. The smallest absolute Gasteiger partial charge is 0.0661 e. The molecule has 0 aromatic heterocycles. The number of benzene rings is 1. The quantitative estimate of drug-likeness (QED) is 0.861. The van der Waals surface area contributed by atoms with Crippen LogP contribution in [0.4, 0.5) is 0 Å². The third kappa shape index (κ3) is 2.22. The summed E-state index contributed by atoms with van der Waals surface area (Å²) in [5.41, 5.74) is 1.11. The lowest BCUT2D eigenvalue weighted by molar-refractivity contribution is -0.168. The van der Waals surface area contributed by atoms with Crippen LogP contribution in [0.1, 0.15) is 50.5 Å². The molecule has 23 heavy (non-hydrogen) atoms. The SMILES string of the molecule is OC12CC3CC(c4cccc(Cl)c4)(CC(C1)C3C1CCCN1)C2. The fourth-order valence-corrected chi connectivity index (χ4v) is 7.18. The van der Waals surface area contributed by atoms with Crippen LogP contribution < -0.4 is 5.32 Å². The highest BCUT2D eigenvalue weighted by Crippen LogP contribution is 2.65. The molecule has 6 rings (SSSR count). The Labute approximate surface area is 143 Å². The van der Waals surface area contributed by atoms with E-state index in [1.54, 1.807) is 0 Å². The summed E-state index contributed by atoms with van der Waals surface area (Å²) in [7, 11) is 0. The zero-order chi connectivity index (χ0) is 15.7. The lowest BCUT2D eigenvalue weighted by atomic mass is 9.42. The second-order valence-electron chi connectivity index (χ2n) is 8.81. The molecule has 5 fully saturated rings. The molecular weight excluding hydrogens is 306 g/mol. The second-order valence-corrected chi connectivity index (χ2v) is 9.25. The van der Waals surface area contributed by atoms with Crippen molar-refractivity contribution in [3.8, 4) is 0 Å². The van der Waals surface area contributed by atoms with Gasteiger partial charge in [-0.25, -0.2) is 0 Å². The summed E-state index contributed by atoms with van der Waals surface area (Å²) in [5.74, 6) is 2.14. The molecule has 1 heterocycles. The molecule has 2 nitrogen and oxygen atoms in total. The lowest BCUT2D eigenvalue weighted by Crippen LogP contribution is -2.63. The van der Waals surface area contributed by atoms with E-state index in [-0.39, 0.29) is 5.41 Å². The van der Waals surface area contributed by atoms with Gasteiger partial charge in [-0.05, 0) is 92.4 Å². The minimum absolute atomic E-state index is 0.167. The van der Waals surface area contributed by atoms with Crippen LogP contribution in [0.15, 0.2) is 24.3 Å². The van der Waals surface area contributed by atoms with Gasteiger partial charge >= 0.3 is 0 Å². The Hall–Kier alpha value is -0.570. The first-order valence-corrected chi connectivity index (χ1v) is 9.67. The lowest BCUT2D eigenvalue weighted by Gasteiger charge is -2.64. The maximum Gasteiger partial charge on any atom is 0.0661 e. The largest absolute Gasteiger partial charge is 0.390 e. The number of aliphatic hydroxyl groups is 1. The van der Waals surface area contributed by atoms with E-state index in [1.807, 2.05) is 6.07 Å². The number of nitrogens with one attached hydrogen (secondary N) is 1. The van der Waals surface area contributed by atoms with Gasteiger partial charge in [-0.3, -0.25) is 0 Å². The molecule has 5 aliphatic rings. The van der Waals surface area contributed by atoms with Crippen LogP contribution in [0, 0.1) is 17.8 Å². The first-order valence-electron chi connectivity index (χ1n) is 9.29. The number of halogens is 1. The number of rotatable bonds is 2. The molecule has 4 saturated carbocycles. The van der Waals surface area contributed by atoms with Gasteiger partial charge in [-0.1, -0.05) is 23.7 Å². The second kappa shape index (κ2) is 4.97. The van der Waals surface area contributed by atoms with Gasteiger partial charge < -0.3 is 10.4 Å². The van der Waals surface area contributed by atoms with Crippen molar-refractivity contribution in [2.75, 3.05) is 6.54 Å². The first-order chi connectivity index (χ1) is 11.1. The average molecular weight is 332 g/mol. The van der Waals surface area contributed by atoms with Gasteiger partial charge in [0.15, 0.2) is 0 Å². The van der Waals surface area contributed by atoms with E-state index in [2.05, 4.69) is 23.5 Å². The monoisotopic (exact) mass is 331 g/mol. The van der Waals surface area contributed by atoms with E-state index in [4.69, 9.17) is 11.6 Å². The van der Waals surface area contributed by atoms with Crippen molar-refractivity contribution in [1.82, 2.24) is 5.32 Å². The molecule has 1 aromatic carbocycles. The number of hydrogen-bond donors (Lipinski definition) is 2. The number of hydrogen-bond acceptors (Lipinski definition) is 2. The highest BCUT2D eigenvalue weighted by atomic mass is 35.5. The van der Waals surface area contributed by atoms with Gasteiger partial charge in [-0.15, -0.1) is 0 Å². The van der Waals surface area contributed by atoms with Crippen LogP contribution >= 0.6 is 11.6 Å². The summed E-state index contributed by atoms with van der Waals surface area (Å²) >= 11 is 6.28. The van der Waals surface area contributed by atoms with Crippen molar-refractivity contribution < 1.29 is 5.11 Å². The first kappa shape index (κ1) is 14.7. The van der Waals surface area contributed by atoms with Crippen LogP contribution in [0.5, 0.6) is 0 Å². The van der Waals surface area contributed by atoms with E-state index < -0.39 is 5.60 Å². The minimum Gasteiger partial charge on any atom is -0.390 e. The van der Waals surface area contributed by atoms with E-state index in [0.717, 1.165) is 30.2 Å². The van der Waals surface area contributed by atoms with Crippen LogP contribution in [0.3, 0.4) is 0 Å². The maximum atomic E-state index is 11.2. The van der Waals surface area contributed by atoms with Crippen LogP contribution in [0.2, 0.25) is 5.02 Å². The molecule has 3 heteroatoms. The van der Waals surface area contributed by atoms with E-state index in [0.29, 0.717) is 17.9 Å². The van der Waals surface area contributed by atoms with Gasteiger partial charge in [0.25, 0.3) is 0 Å². The predicted octanol–water partition coefficient (Wildman–Crippen LogP) is 3.90.